The van der Waals surface area contributed by atoms with Crippen LogP contribution in [0.2, 0.25) is 5.02 Å². The van der Waals surface area contributed by atoms with E-state index in [1.165, 1.54) is 9.18 Å². The molecule has 0 bridgehead atoms. The zero-order chi connectivity index (χ0) is 23.3. The van der Waals surface area contributed by atoms with Gasteiger partial charge in [-0.15, -0.1) is 11.3 Å². The Labute approximate surface area is 200 Å². The minimum Gasteiger partial charge on any atom is -0.491 e. The van der Waals surface area contributed by atoms with Crippen molar-refractivity contribution in [1.82, 2.24) is 9.21 Å². The molecule has 32 heavy (non-hydrogen) atoms. The number of hydrogen-bond acceptors (Lipinski definition) is 5. The number of fused-ring (bicyclic) bond motifs is 1. The Bertz CT molecular complexity index is 1010. The molecule has 0 spiro atoms. The molecule has 176 valence electrons. The van der Waals surface area contributed by atoms with Gasteiger partial charge in [-0.2, -0.15) is 4.31 Å². The molecule has 2 heterocycles. The van der Waals surface area contributed by atoms with Gasteiger partial charge in [-0.1, -0.05) is 25.4 Å². The van der Waals surface area contributed by atoms with E-state index < -0.39 is 10.0 Å². The molecule has 0 fully saturated rings. The van der Waals surface area contributed by atoms with E-state index in [1.807, 2.05) is 25.3 Å². The molecule has 1 aromatic carbocycles. The quantitative estimate of drug-likeness (QED) is 0.480. The van der Waals surface area contributed by atoms with Crippen molar-refractivity contribution >= 4 is 38.9 Å². The van der Waals surface area contributed by atoms with Crippen LogP contribution in [0.3, 0.4) is 0 Å². The first-order valence-electron chi connectivity index (χ1n) is 10.9. The Balaban J connectivity index is 1.78. The molecule has 1 amide bonds. The Morgan fingerprint density at radius 2 is 2.00 bits per heavy atom. The Kier molecular flexibility index (Phi) is 8.61. The zero-order valence-electron chi connectivity index (χ0n) is 18.8. The van der Waals surface area contributed by atoms with Gasteiger partial charge in [0.1, 0.15) is 12.4 Å². The molecule has 3 rings (SSSR count). The number of amides is 1. The second kappa shape index (κ2) is 11.0. The van der Waals surface area contributed by atoms with Crippen molar-refractivity contribution in [2.24, 2.45) is 5.92 Å². The number of halogens is 1. The van der Waals surface area contributed by atoms with Crippen LogP contribution in [-0.2, 0) is 21.2 Å². The minimum atomic E-state index is -3.47. The summed E-state index contributed by atoms with van der Waals surface area (Å²) in [7, 11) is -3.47. The summed E-state index contributed by atoms with van der Waals surface area (Å²) >= 11 is 7.64. The van der Waals surface area contributed by atoms with E-state index in [0.29, 0.717) is 42.8 Å². The molecule has 2 aromatic rings. The average molecular weight is 499 g/mol. The lowest BCUT2D eigenvalue weighted by atomic mass is 10.0. The molecule has 0 aliphatic carbocycles. The van der Waals surface area contributed by atoms with Gasteiger partial charge in [0, 0.05) is 23.0 Å². The topological polar surface area (TPSA) is 66.9 Å². The van der Waals surface area contributed by atoms with Crippen molar-refractivity contribution in [1.29, 1.82) is 0 Å². The molecule has 0 radical (unpaired) electrons. The van der Waals surface area contributed by atoms with Crippen molar-refractivity contribution in [2.45, 2.75) is 39.7 Å². The van der Waals surface area contributed by atoms with Gasteiger partial charge in [-0.3, -0.25) is 4.79 Å². The van der Waals surface area contributed by atoms with Crippen molar-refractivity contribution in [2.75, 3.05) is 32.0 Å². The third-order valence-electron chi connectivity index (χ3n) is 5.66. The maximum atomic E-state index is 13.4. The lowest BCUT2D eigenvalue weighted by Crippen LogP contribution is -2.48. The van der Waals surface area contributed by atoms with Crippen LogP contribution in [0.1, 0.15) is 43.7 Å². The van der Waals surface area contributed by atoms with Gasteiger partial charge in [0.15, 0.2) is 0 Å². The molecular formula is C23H31ClN2O4S2. The van der Waals surface area contributed by atoms with E-state index in [-0.39, 0.29) is 24.2 Å². The fraction of sp³-hybridized carbons (Fsp3) is 0.522. The SMILES string of the molecule is CCS(=O)(=O)N(CCC(C)C)CC(=O)N1CCc2sccc2C1COc1ccc(Cl)cc1. The normalized spacial score (nSPS) is 16.4. The van der Waals surface area contributed by atoms with Crippen molar-refractivity contribution in [3.63, 3.8) is 0 Å². The molecule has 1 atom stereocenters. The highest BCUT2D eigenvalue weighted by Crippen LogP contribution is 2.34. The van der Waals surface area contributed by atoms with Gasteiger partial charge in [0.2, 0.25) is 15.9 Å². The van der Waals surface area contributed by atoms with Gasteiger partial charge in [0.25, 0.3) is 0 Å². The summed E-state index contributed by atoms with van der Waals surface area (Å²) in [5.41, 5.74) is 1.08. The number of nitrogens with zero attached hydrogens (tertiary/aromatic N) is 2. The lowest BCUT2D eigenvalue weighted by molar-refractivity contribution is -0.135. The fourth-order valence-electron chi connectivity index (χ4n) is 3.72. The predicted molar refractivity (Wildman–Crippen MR) is 130 cm³/mol. The minimum absolute atomic E-state index is 0.0177. The Morgan fingerprint density at radius 3 is 2.66 bits per heavy atom. The number of benzene rings is 1. The summed E-state index contributed by atoms with van der Waals surface area (Å²) in [6.07, 6.45) is 1.48. The lowest BCUT2D eigenvalue weighted by Gasteiger charge is -2.37. The first kappa shape index (κ1) is 25.0. The van der Waals surface area contributed by atoms with E-state index in [1.54, 1.807) is 47.4 Å². The van der Waals surface area contributed by atoms with Gasteiger partial charge in [-0.05, 0) is 67.0 Å². The van der Waals surface area contributed by atoms with Crippen LogP contribution in [0.4, 0.5) is 0 Å². The number of carbonyl (C=O) groups is 1. The van der Waals surface area contributed by atoms with Crippen molar-refractivity contribution in [3.05, 3.63) is 51.2 Å². The second-order valence-corrected chi connectivity index (χ2v) is 12.0. The van der Waals surface area contributed by atoms with Crippen LogP contribution in [0, 0.1) is 5.92 Å². The van der Waals surface area contributed by atoms with Gasteiger partial charge in [0.05, 0.1) is 18.3 Å². The molecule has 1 unspecified atom stereocenters. The number of ether oxygens (including phenoxy) is 1. The number of sulfonamides is 1. The van der Waals surface area contributed by atoms with E-state index in [9.17, 15) is 13.2 Å². The van der Waals surface area contributed by atoms with Crippen LogP contribution in [-0.4, -0.2) is 55.5 Å². The molecule has 0 saturated heterocycles. The highest BCUT2D eigenvalue weighted by Gasteiger charge is 2.34. The molecule has 1 aliphatic rings. The summed E-state index contributed by atoms with van der Waals surface area (Å²) < 4.78 is 32.6. The third kappa shape index (κ3) is 6.25. The van der Waals surface area contributed by atoms with Crippen LogP contribution >= 0.6 is 22.9 Å². The molecule has 0 saturated carbocycles. The molecule has 0 N–H and O–H groups in total. The number of rotatable bonds is 10. The van der Waals surface area contributed by atoms with Crippen LogP contribution in [0.5, 0.6) is 5.75 Å². The largest absolute Gasteiger partial charge is 0.491 e. The molecule has 9 heteroatoms. The standard InChI is InChI=1S/C23H31ClN2O4S2/c1-4-32(28,29)25(12-9-17(2)3)15-23(27)26-13-10-22-20(11-14-31-22)21(26)16-30-19-7-5-18(24)6-8-19/h5-8,11,14,17,21H,4,9-10,12-13,15-16H2,1-3H3. The van der Waals surface area contributed by atoms with E-state index in [4.69, 9.17) is 16.3 Å². The predicted octanol–water partition coefficient (Wildman–Crippen LogP) is 4.60. The monoisotopic (exact) mass is 498 g/mol. The van der Waals surface area contributed by atoms with Crippen LogP contribution in [0.15, 0.2) is 35.7 Å². The second-order valence-electron chi connectivity index (χ2n) is 8.33. The Morgan fingerprint density at radius 1 is 1.28 bits per heavy atom. The van der Waals surface area contributed by atoms with Gasteiger partial charge < -0.3 is 9.64 Å². The molecule has 1 aliphatic heterocycles. The van der Waals surface area contributed by atoms with E-state index in [0.717, 1.165) is 12.0 Å². The fourth-order valence-corrected chi connectivity index (χ4v) is 5.83. The Hall–Kier alpha value is -1.61. The average Bonchev–Trinajstić information content (AvgIpc) is 3.24. The molecule has 1 aromatic heterocycles. The van der Waals surface area contributed by atoms with E-state index >= 15 is 0 Å². The summed E-state index contributed by atoms with van der Waals surface area (Å²) in [5.74, 6) is 0.822. The molecular weight excluding hydrogens is 468 g/mol. The zero-order valence-corrected chi connectivity index (χ0v) is 21.2. The summed E-state index contributed by atoms with van der Waals surface area (Å²) in [4.78, 5) is 16.4. The van der Waals surface area contributed by atoms with Crippen LogP contribution in [0.25, 0.3) is 0 Å². The van der Waals surface area contributed by atoms with Gasteiger partial charge in [-0.25, -0.2) is 8.42 Å². The van der Waals surface area contributed by atoms with Crippen LogP contribution < -0.4 is 4.74 Å². The maximum absolute atomic E-state index is 13.4. The summed E-state index contributed by atoms with van der Waals surface area (Å²) in [6, 6.07) is 8.90. The summed E-state index contributed by atoms with van der Waals surface area (Å²) in [6.45, 7) is 6.76. The number of hydrogen-bond donors (Lipinski definition) is 0. The number of thiophene rings is 1. The number of carbonyl (C=O) groups excluding carboxylic acids is 1. The third-order valence-corrected chi connectivity index (χ3v) is 8.74. The highest BCUT2D eigenvalue weighted by atomic mass is 35.5. The first-order chi connectivity index (χ1) is 15.2. The summed E-state index contributed by atoms with van der Waals surface area (Å²) in [5, 5.41) is 2.66. The first-order valence-corrected chi connectivity index (χ1v) is 13.8. The van der Waals surface area contributed by atoms with Gasteiger partial charge >= 0.3 is 0 Å². The maximum Gasteiger partial charge on any atom is 0.238 e. The van der Waals surface area contributed by atoms with Crippen molar-refractivity contribution < 1.29 is 17.9 Å². The van der Waals surface area contributed by atoms with E-state index in [2.05, 4.69) is 0 Å². The highest BCUT2D eigenvalue weighted by molar-refractivity contribution is 7.89. The molecule has 6 nitrogen and oxygen atoms in total. The smallest absolute Gasteiger partial charge is 0.238 e. The van der Waals surface area contributed by atoms with Crippen molar-refractivity contribution in [3.8, 4) is 5.75 Å².